The number of aryl methyl sites for hydroxylation is 3. The Morgan fingerprint density at radius 1 is 1.06 bits per heavy atom. The number of nitrogens with zero attached hydrogens (tertiary/aromatic N) is 2. The van der Waals surface area contributed by atoms with Crippen molar-refractivity contribution >= 4 is 44.3 Å². The molecule has 34 heavy (non-hydrogen) atoms. The maximum Gasteiger partial charge on any atom is 0.243 e. The number of carbonyl (C=O) groups is 1. The summed E-state index contributed by atoms with van der Waals surface area (Å²) < 4.78 is 32.8. The summed E-state index contributed by atoms with van der Waals surface area (Å²) in [6.45, 7) is 9.30. The van der Waals surface area contributed by atoms with Crippen molar-refractivity contribution in [2.45, 2.75) is 42.9 Å². The van der Waals surface area contributed by atoms with Gasteiger partial charge >= 0.3 is 0 Å². The molecular weight excluding hydrogens is 470 g/mol. The van der Waals surface area contributed by atoms with Crippen molar-refractivity contribution in [3.05, 3.63) is 59.2 Å². The molecule has 1 aliphatic rings. The standard InChI is InChI=1S/C25H29N3O4S2/c1-16-5-7-22(18(3)13-16)27-25(29)19(4)33-24-14-17(2)21-15-20(6-8-23(21)26-24)34(30,31)28-9-11-32-12-10-28/h5-8,13-15,19H,9-12H2,1-4H3,(H,27,29). The molecule has 0 aliphatic carbocycles. The van der Waals surface area contributed by atoms with E-state index in [4.69, 9.17) is 4.74 Å². The average molecular weight is 500 g/mol. The van der Waals surface area contributed by atoms with Gasteiger partial charge in [0.25, 0.3) is 0 Å². The number of aromatic nitrogens is 1. The number of sulfonamides is 1. The van der Waals surface area contributed by atoms with Crippen LogP contribution in [0.5, 0.6) is 0 Å². The molecule has 1 saturated heterocycles. The van der Waals surface area contributed by atoms with E-state index in [0.29, 0.717) is 31.8 Å². The average Bonchev–Trinajstić information content (AvgIpc) is 2.81. The van der Waals surface area contributed by atoms with Gasteiger partial charge in [-0.15, -0.1) is 0 Å². The highest BCUT2D eigenvalue weighted by atomic mass is 32.2. The summed E-state index contributed by atoms with van der Waals surface area (Å²) in [4.78, 5) is 17.7. The third kappa shape index (κ3) is 5.27. The highest BCUT2D eigenvalue weighted by Gasteiger charge is 2.27. The fourth-order valence-electron chi connectivity index (χ4n) is 3.92. The second kappa shape index (κ2) is 10.0. The van der Waals surface area contributed by atoms with Gasteiger partial charge in [0, 0.05) is 24.2 Å². The second-order valence-corrected chi connectivity index (χ2v) is 11.8. The first kappa shape index (κ1) is 24.7. The summed E-state index contributed by atoms with van der Waals surface area (Å²) in [5.74, 6) is -0.0940. The maximum absolute atomic E-state index is 13.0. The Morgan fingerprint density at radius 3 is 2.50 bits per heavy atom. The molecule has 2 heterocycles. The zero-order valence-electron chi connectivity index (χ0n) is 19.8. The van der Waals surface area contributed by atoms with Crippen molar-refractivity contribution in [1.29, 1.82) is 0 Å². The molecule has 1 aromatic heterocycles. The van der Waals surface area contributed by atoms with Crippen LogP contribution in [0.25, 0.3) is 10.9 Å². The fourth-order valence-corrected chi connectivity index (χ4v) is 6.28. The van der Waals surface area contributed by atoms with Crippen LogP contribution in [0.1, 0.15) is 23.6 Å². The van der Waals surface area contributed by atoms with Gasteiger partial charge in [-0.1, -0.05) is 29.5 Å². The molecule has 0 bridgehead atoms. The zero-order chi connectivity index (χ0) is 24.5. The van der Waals surface area contributed by atoms with Gasteiger partial charge in [0.1, 0.15) is 0 Å². The number of hydrogen-bond acceptors (Lipinski definition) is 6. The first-order chi connectivity index (χ1) is 16.1. The number of fused-ring (bicyclic) bond motifs is 1. The van der Waals surface area contributed by atoms with Crippen LogP contribution < -0.4 is 5.32 Å². The molecule has 0 spiro atoms. The van der Waals surface area contributed by atoms with Crippen molar-refractivity contribution in [3.8, 4) is 0 Å². The van der Waals surface area contributed by atoms with Gasteiger partial charge < -0.3 is 10.1 Å². The molecule has 0 saturated carbocycles. The van der Waals surface area contributed by atoms with Crippen molar-refractivity contribution in [3.63, 3.8) is 0 Å². The largest absolute Gasteiger partial charge is 0.379 e. The van der Waals surface area contributed by atoms with Gasteiger partial charge in [0.05, 0.1) is 33.9 Å². The van der Waals surface area contributed by atoms with E-state index >= 15 is 0 Å². The monoisotopic (exact) mass is 499 g/mol. The van der Waals surface area contributed by atoms with Gasteiger partial charge in [-0.2, -0.15) is 4.31 Å². The third-order valence-electron chi connectivity index (χ3n) is 5.88. The first-order valence-corrected chi connectivity index (χ1v) is 13.5. The second-order valence-electron chi connectivity index (χ2n) is 8.54. The number of benzene rings is 2. The van der Waals surface area contributed by atoms with E-state index in [1.165, 1.54) is 16.1 Å². The molecule has 1 unspecified atom stereocenters. The molecule has 4 rings (SSSR count). The Bertz CT molecular complexity index is 1340. The predicted octanol–water partition coefficient (Wildman–Crippen LogP) is 4.30. The number of nitrogens with one attached hydrogen (secondary N) is 1. The molecule has 1 amide bonds. The van der Waals surface area contributed by atoms with Crippen LogP contribution in [0, 0.1) is 20.8 Å². The summed E-state index contributed by atoms with van der Waals surface area (Å²) >= 11 is 1.38. The molecular formula is C25H29N3O4S2. The Morgan fingerprint density at radius 2 is 1.79 bits per heavy atom. The van der Waals surface area contributed by atoms with Crippen LogP contribution in [0.3, 0.4) is 0 Å². The molecule has 180 valence electrons. The summed E-state index contributed by atoms with van der Waals surface area (Å²) in [6.07, 6.45) is 0. The Kier molecular flexibility index (Phi) is 7.28. The van der Waals surface area contributed by atoms with E-state index in [-0.39, 0.29) is 16.1 Å². The van der Waals surface area contributed by atoms with Crippen LogP contribution in [-0.4, -0.2) is 55.2 Å². The van der Waals surface area contributed by atoms with Crippen molar-refractivity contribution < 1.29 is 17.9 Å². The summed E-state index contributed by atoms with van der Waals surface area (Å²) in [5.41, 5.74) is 4.58. The van der Waals surface area contributed by atoms with Crippen LogP contribution >= 0.6 is 11.8 Å². The third-order valence-corrected chi connectivity index (χ3v) is 8.79. The summed E-state index contributed by atoms with van der Waals surface area (Å²) in [6, 6.07) is 12.9. The van der Waals surface area contributed by atoms with Gasteiger partial charge in [-0.05, 0) is 69.2 Å². The number of morpholine rings is 1. The van der Waals surface area contributed by atoms with E-state index in [1.54, 1.807) is 18.2 Å². The fraction of sp³-hybridized carbons (Fsp3) is 0.360. The van der Waals surface area contributed by atoms with Crippen molar-refractivity contribution in [2.24, 2.45) is 0 Å². The van der Waals surface area contributed by atoms with Crippen LogP contribution in [0.2, 0.25) is 0 Å². The Labute approximate surface area is 205 Å². The van der Waals surface area contributed by atoms with E-state index in [1.807, 2.05) is 52.0 Å². The molecule has 3 aromatic rings. The topological polar surface area (TPSA) is 88.6 Å². The number of anilines is 1. The van der Waals surface area contributed by atoms with Gasteiger partial charge in [-0.25, -0.2) is 13.4 Å². The minimum Gasteiger partial charge on any atom is -0.379 e. The van der Waals surface area contributed by atoms with E-state index in [9.17, 15) is 13.2 Å². The minimum atomic E-state index is -3.58. The SMILES string of the molecule is Cc1ccc(NC(=O)C(C)Sc2cc(C)c3cc(S(=O)(=O)N4CCOCC4)ccc3n2)c(C)c1. The smallest absolute Gasteiger partial charge is 0.243 e. The van der Waals surface area contributed by atoms with Crippen molar-refractivity contribution in [1.82, 2.24) is 9.29 Å². The van der Waals surface area contributed by atoms with Gasteiger partial charge in [0.2, 0.25) is 15.9 Å². The zero-order valence-corrected chi connectivity index (χ0v) is 21.4. The lowest BCUT2D eigenvalue weighted by atomic mass is 10.1. The molecule has 1 N–H and O–H groups in total. The maximum atomic E-state index is 13.0. The highest BCUT2D eigenvalue weighted by Crippen LogP contribution is 2.30. The molecule has 1 aliphatic heterocycles. The molecule has 0 radical (unpaired) electrons. The molecule has 9 heteroatoms. The van der Waals surface area contributed by atoms with Crippen molar-refractivity contribution in [2.75, 3.05) is 31.6 Å². The van der Waals surface area contributed by atoms with Crippen LogP contribution in [-0.2, 0) is 19.6 Å². The number of thioether (sulfide) groups is 1. The number of hydrogen-bond donors (Lipinski definition) is 1. The number of amides is 1. The minimum absolute atomic E-state index is 0.0940. The number of rotatable bonds is 6. The molecule has 2 aromatic carbocycles. The summed E-state index contributed by atoms with van der Waals surface area (Å²) in [7, 11) is -3.58. The number of pyridine rings is 1. The predicted molar refractivity (Wildman–Crippen MR) is 136 cm³/mol. The normalized spacial score (nSPS) is 15.9. The molecule has 1 fully saturated rings. The lowest BCUT2D eigenvalue weighted by molar-refractivity contribution is -0.115. The van der Waals surface area contributed by atoms with Gasteiger partial charge in [-0.3, -0.25) is 4.79 Å². The van der Waals surface area contributed by atoms with E-state index < -0.39 is 10.0 Å². The quantitative estimate of drug-likeness (QED) is 0.509. The van der Waals surface area contributed by atoms with E-state index in [2.05, 4.69) is 10.3 Å². The first-order valence-electron chi connectivity index (χ1n) is 11.2. The molecule has 1 atom stereocenters. The highest BCUT2D eigenvalue weighted by molar-refractivity contribution is 8.00. The summed E-state index contributed by atoms with van der Waals surface area (Å²) in [5, 5.41) is 4.14. The Hall–Kier alpha value is -2.46. The lowest BCUT2D eigenvalue weighted by Gasteiger charge is -2.26. The van der Waals surface area contributed by atoms with Crippen LogP contribution in [0.15, 0.2) is 52.4 Å². The lowest BCUT2D eigenvalue weighted by Crippen LogP contribution is -2.40. The van der Waals surface area contributed by atoms with Gasteiger partial charge in [0.15, 0.2) is 0 Å². The number of ether oxygens (including phenoxy) is 1. The van der Waals surface area contributed by atoms with E-state index in [0.717, 1.165) is 32.8 Å². The number of carbonyl (C=O) groups excluding carboxylic acids is 1. The van der Waals surface area contributed by atoms with Crippen LogP contribution in [0.4, 0.5) is 5.69 Å². The molecule has 7 nitrogen and oxygen atoms in total. The Balaban J connectivity index is 1.52.